The van der Waals surface area contributed by atoms with Gasteiger partial charge in [0, 0.05) is 30.8 Å². The van der Waals surface area contributed by atoms with E-state index in [1.807, 2.05) is 0 Å². The Hall–Kier alpha value is -2.02. The van der Waals surface area contributed by atoms with Crippen molar-refractivity contribution in [1.29, 1.82) is 0 Å². The number of hydrogen-bond donors (Lipinski definition) is 2. The first-order valence-electron chi connectivity index (χ1n) is 6.70. The van der Waals surface area contributed by atoms with Crippen LogP contribution in [0.2, 0.25) is 0 Å². The predicted molar refractivity (Wildman–Crippen MR) is 72.5 cm³/mol. The van der Waals surface area contributed by atoms with Crippen LogP contribution in [0.3, 0.4) is 0 Å². The van der Waals surface area contributed by atoms with E-state index < -0.39 is 29.7 Å². The summed E-state index contributed by atoms with van der Waals surface area (Å²) in [6, 6.07) is 1.73. The molecule has 21 heavy (non-hydrogen) atoms. The first-order chi connectivity index (χ1) is 9.90. The van der Waals surface area contributed by atoms with Gasteiger partial charge in [-0.15, -0.1) is 0 Å². The van der Waals surface area contributed by atoms with Crippen LogP contribution in [-0.4, -0.2) is 36.0 Å². The lowest BCUT2D eigenvalue weighted by Crippen LogP contribution is -2.46. The second kappa shape index (κ2) is 6.17. The number of amides is 3. The van der Waals surface area contributed by atoms with Crippen LogP contribution in [0.5, 0.6) is 0 Å². The van der Waals surface area contributed by atoms with Gasteiger partial charge in [0.2, 0.25) is 5.91 Å². The number of urea groups is 1. The van der Waals surface area contributed by atoms with Crippen LogP contribution in [-0.2, 0) is 4.79 Å². The van der Waals surface area contributed by atoms with Gasteiger partial charge in [0.1, 0.15) is 11.6 Å². The molecule has 0 radical (unpaired) electrons. The van der Waals surface area contributed by atoms with Gasteiger partial charge in [0.25, 0.3) is 0 Å². The monoisotopic (exact) mass is 297 g/mol. The van der Waals surface area contributed by atoms with Crippen molar-refractivity contribution in [3.8, 4) is 0 Å². The quantitative estimate of drug-likeness (QED) is 0.886. The number of carbonyl (C=O) groups is 2. The largest absolute Gasteiger partial charge is 0.336 e. The maximum Gasteiger partial charge on any atom is 0.324 e. The maximum absolute atomic E-state index is 13.7. The van der Waals surface area contributed by atoms with Gasteiger partial charge in [-0.1, -0.05) is 6.07 Å². The molecule has 0 saturated carbocycles. The van der Waals surface area contributed by atoms with Gasteiger partial charge in [0.05, 0.1) is 6.04 Å². The fourth-order valence-electron chi connectivity index (χ4n) is 2.30. The molecule has 0 aliphatic carbocycles. The van der Waals surface area contributed by atoms with Gasteiger partial charge in [-0.2, -0.15) is 0 Å². The Morgan fingerprint density at radius 1 is 1.38 bits per heavy atom. The van der Waals surface area contributed by atoms with E-state index in [0.29, 0.717) is 13.1 Å². The summed E-state index contributed by atoms with van der Waals surface area (Å²) in [4.78, 5) is 24.7. The van der Waals surface area contributed by atoms with Crippen molar-refractivity contribution in [3.63, 3.8) is 0 Å². The van der Waals surface area contributed by atoms with Gasteiger partial charge < -0.3 is 5.32 Å². The second-order valence-electron chi connectivity index (χ2n) is 5.00. The van der Waals surface area contributed by atoms with Crippen molar-refractivity contribution in [2.24, 2.45) is 0 Å². The summed E-state index contributed by atoms with van der Waals surface area (Å²) in [5.41, 5.74) is 0.266. The Balaban J connectivity index is 2.03. The van der Waals surface area contributed by atoms with Crippen LogP contribution in [0.25, 0.3) is 0 Å². The fraction of sp³-hybridized carbons (Fsp3) is 0.429. The highest BCUT2D eigenvalue weighted by molar-refractivity contribution is 5.98. The molecule has 3 amide bonds. The molecule has 1 aromatic carbocycles. The molecule has 0 aromatic heterocycles. The third-order valence-electron chi connectivity index (χ3n) is 3.42. The molecule has 1 aromatic rings. The van der Waals surface area contributed by atoms with E-state index in [1.54, 1.807) is 13.8 Å². The number of benzene rings is 1. The molecule has 114 valence electrons. The number of halogens is 2. The molecule has 0 spiro atoms. The molecule has 1 aliphatic rings. The minimum Gasteiger partial charge on any atom is -0.336 e. The van der Waals surface area contributed by atoms with Crippen molar-refractivity contribution in [2.75, 3.05) is 13.1 Å². The average Bonchev–Trinajstić information content (AvgIpc) is 2.83. The van der Waals surface area contributed by atoms with Gasteiger partial charge in [-0.3, -0.25) is 15.0 Å². The normalized spacial score (nSPS) is 17.5. The third kappa shape index (κ3) is 3.36. The van der Waals surface area contributed by atoms with Crippen LogP contribution < -0.4 is 10.6 Å². The average molecular weight is 297 g/mol. The first kappa shape index (κ1) is 15.4. The zero-order chi connectivity index (χ0) is 15.6. The summed E-state index contributed by atoms with van der Waals surface area (Å²) in [5, 5.41) is 5.46. The Morgan fingerprint density at radius 2 is 2.10 bits per heavy atom. The summed E-state index contributed by atoms with van der Waals surface area (Å²) in [7, 11) is 0. The molecule has 2 rings (SSSR count). The van der Waals surface area contributed by atoms with Gasteiger partial charge in [-0.05, 0) is 19.9 Å². The third-order valence-corrected chi connectivity index (χ3v) is 3.42. The predicted octanol–water partition coefficient (Wildman–Crippen LogP) is 1.56. The van der Waals surface area contributed by atoms with Crippen LogP contribution in [0.4, 0.5) is 13.6 Å². The van der Waals surface area contributed by atoms with Crippen LogP contribution in [0.1, 0.15) is 25.5 Å². The minimum atomic E-state index is -0.673. The lowest BCUT2D eigenvalue weighted by atomic mass is 10.1. The zero-order valence-electron chi connectivity index (χ0n) is 11.8. The van der Waals surface area contributed by atoms with E-state index in [9.17, 15) is 18.4 Å². The summed E-state index contributed by atoms with van der Waals surface area (Å²) in [6.07, 6.45) is 0. The van der Waals surface area contributed by atoms with E-state index in [-0.39, 0.29) is 11.5 Å². The molecule has 1 aliphatic heterocycles. The summed E-state index contributed by atoms with van der Waals surface area (Å²) >= 11 is 0. The second-order valence-corrected chi connectivity index (χ2v) is 5.00. The summed E-state index contributed by atoms with van der Waals surface area (Å²) < 4.78 is 26.6. The SMILES string of the molecule is C[C@H](N[C@H](C)c1ccc(F)cc1F)C(=O)N1CCNC1=O. The number of hydrogen-bond acceptors (Lipinski definition) is 3. The van der Waals surface area contributed by atoms with Gasteiger partial charge in [0.15, 0.2) is 0 Å². The van der Waals surface area contributed by atoms with E-state index in [1.165, 1.54) is 6.07 Å². The molecular formula is C14H17F2N3O2. The topological polar surface area (TPSA) is 61.4 Å². The lowest BCUT2D eigenvalue weighted by molar-refractivity contribution is -0.129. The highest BCUT2D eigenvalue weighted by atomic mass is 19.1. The van der Waals surface area contributed by atoms with E-state index in [4.69, 9.17) is 0 Å². The van der Waals surface area contributed by atoms with Crippen molar-refractivity contribution in [2.45, 2.75) is 25.9 Å². The number of rotatable bonds is 4. The molecule has 7 heteroatoms. The Bertz CT molecular complexity index is 565. The van der Waals surface area contributed by atoms with Crippen LogP contribution in [0.15, 0.2) is 18.2 Å². The molecule has 0 unspecified atom stereocenters. The number of carbonyl (C=O) groups excluding carboxylic acids is 2. The van der Waals surface area contributed by atoms with Gasteiger partial charge in [-0.25, -0.2) is 13.6 Å². The highest BCUT2D eigenvalue weighted by Crippen LogP contribution is 2.18. The van der Waals surface area contributed by atoms with Crippen molar-refractivity contribution in [3.05, 3.63) is 35.4 Å². The molecule has 1 saturated heterocycles. The number of imide groups is 1. The van der Waals surface area contributed by atoms with Crippen LogP contribution >= 0.6 is 0 Å². The van der Waals surface area contributed by atoms with Crippen molar-refractivity contribution >= 4 is 11.9 Å². The Labute approximate surface area is 121 Å². The lowest BCUT2D eigenvalue weighted by Gasteiger charge is -2.23. The smallest absolute Gasteiger partial charge is 0.324 e. The highest BCUT2D eigenvalue weighted by Gasteiger charge is 2.30. The summed E-state index contributed by atoms with van der Waals surface area (Å²) in [6.45, 7) is 4.03. The Kier molecular flexibility index (Phi) is 4.52. The van der Waals surface area contributed by atoms with E-state index in [2.05, 4.69) is 10.6 Å². The van der Waals surface area contributed by atoms with Crippen molar-refractivity contribution in [1.82, 2.24) is 15.5 Å². The molecule has 2 atom stereocenters. The van der Waals surface area contributed by atoms with E-state index in [0.717, 1.165) is 17.0 Å². The molecular weight excluding hydrogens is 280 g/mol. The molecule has 5 nitrogen and oxygen atoms in total. The number of nitrogens with zero attached hydrogens (tertiary/aromatic N) is 1. The molecule has 2 N–H and O–H groups in total. The number of nitrogens with one attached hydrogen (secondary N) is 2. The molecule has 1 fully saturated rings. The standard InChI is InChI=1S/C14H17F2N3O2/c1-8(11-4-3-10(15)7-12(11)16)18-9(2)13(20)19-6-5-17-14(19)21/h3-4,7-9,18H,5-6H2,1-2H3,(H,17,21)/t8-,9+/m1/s1. The van der Waals surface area contributed by atoms with Gasteiger partial charge >= 0.3 is 6.03 Å². The van der Waals surface area contributed by atoms with Crippen molar-refractivity contribution < 1.29 is 18.4 Å². The maximum atomic E-state index is 13.7. The molecule has 1 heterocycles. The first-order valence-corrected chi connectivity index (χ1v) is 6.70. The molecule has 0 bridgehead atoms. The van der Waals surface area contributed by atoms with Crippen LogP contribution in [0, 0.1) is 11.6 Å². The summed E-state index contributed by atoms with van der Waals surface area (Å²) in [5.74, 6) is -1.70. The van der Waals surface area contributed by atoms with E-state index >= 15 is 0 Å². The fourth-order valence-corrected chi connectivity index (χ4v) is 2.30. The Morgan fingerprint density at radius 3 is 2.67 bits per heavy atom. The minimum absolute atomic E-state index is 0.266. The zero-order valence-corrected chi connectivity index (χ0v) is 11.8.